The van der Waals surface area contributed by atoms with Crippen molar-refractivity contribution in [1.82, 2.24) is 19.6 Å². The van der Waals surface area contributed by atoms with Crippen molar-refractivity contribution in [2.75, 3.05) is 37.6 Å². The minimum atomic E-state index is -0.119. The average Bonchev–Trinajstić information content (AvgIpc) is 3.30. The van der Waals surface area contributed by atoms with E-state index in [0.717, 1.165) is 25.1 Å². The van der Waals surface area contributed by atoms with Crippen molar-refractivity contribution in [3.05, 3.63) is 36.0 Å². The fourth-order valence-electron chi connectivity index (χ4n) is 4.01. The Morgan fingerprint density at radius 2 is 2.00 bits per heavy atom. The summed E-state index contributed by atoms with van der Waals surface area (Å²) in [5.74, 6) is 0.796. The Hall–Kier alpha value is -2.61. The van der Waals surface area contributed by atoms with Gasteiger partial charge in [-0.25, -0.2) is 0 Å². The molecule has 1 unspecified atom stereocenters. The van der Waals surface area contributed by atoms with Crippen molar-refractivity contribution in [1.29, 1.82) is 0 Å². The number of hydrogen-bond acceptors (Lipinski definition) is 5. The number of carbonyl (C=O) groups is 2. The molecule has 8 nitrogen and oxygen atoms in total. The van der Waals surface area contributed by atoms with Gasteiger partial charge in [0, 0.05) is 46.0 Å². The number of carbonyl (C=O) groups excluding carboxylic acids is 2. The number of piperidine rings is 1. The van der Waals surface area contributed by atoms with E-state index in [1.54, 1.807) is 30.1 Å². The van der Waals surface area contributed by atoms with Gasteiger partial charge < -0.3 is 14.2 Å². The summed E-state index contributed by atoms with van der Waals surface area (Å²) in [7, 11) is 1.85. The lowest BCUT2D eigenvalue weighted by Crippen LogP contribution is -2.58. The standard InChI is InChI=1S/C19H25N5O3/c1-14-16(5-11-27-14)18(25)23-9-7-22(8-10-23)17-4-3-6-24(19(17)26)15-12-20-21(2)13-15/h5,11-13,17H,3-4,6-10H2,1-2H3. The van der Waals surface area contributed by atoms with Crippen molar-refractivity contribution in [3.8, 4) is 0 Å². The van der Waals surface area contributed by atoms with Crippen molar-refractivity contribution < 1.29 is 14.0 Å². The summed E-state index contributed by atoms with van der Waals surface area (Å²) in [6.45, 7) is 5.20. The van der Waals surface area contributed by atoms with Crippen molar-refractivity contribution in [3.63, 3.8) is 0 Å². The predicted octanol–water partition coefficient (Wildman–Crippen LogP) is 1.27. The number of piperazine rings is 1. The molecule has 2 aromatic rings. The first-order chi connectivity index (χ1) is 13.0. The van der Waals surface area contributed by atoms with Gasteiger partial charge >= 0.3 is 0 Å². The Morgan fingerprint density at radius 3 is 2.63 bits per heavy atom. The van der Waals surface area contributed by atoms with Crippen LogP contribution in [0, 0.1) is 6.92 Å². The first-order valence-corrected chi connectivity index (χ1v) is 9.42. The van der Waals surface area contributed by atoms with Gasteiger partial charge in [0.15, 0.2) is 0 Å². The lowest BCUT2D eigenvalue weighted by molar-refractivity contribution is -0.126. The maximum atomic E-state index is 13.0. The van der Waals surface area contributed by atoms with Crippen LogP contribution in [0.4, 0.5) is 5.69 Å². The molecule has 0 bridgehead atoms. The second kappa shape index (κ2) is 7.19. The van der Waals surface area contributed by atoms with Gasteiger partial charge in [-0.2, -0.15) is 5.10 Å². The first-order valence-electron chi connectivity index (χ1n) is 9.42. The summed E-state index contributed by atoms with van der Waals surface area (Å²) in [5, 5.41) is 4.18. The van der Waals surface area contributed by atoms with Crippen LogP contribution in [0.2, 0.25) is 0 Å². The lowest BCUT2D eigenvalue weighted by atomic mass is 10.0. The van der Waals surface area contributed by atoms with Crippen LogP contribution in [0.3, 0.4) is 0 Å². The number of aromatic nitrogens is 2. The third kappa shape index (κ3) is 3.37. The molecule has 2 saturated heterocycles. The molecule has 0 radical (unpaired) electrons. The van der Waals surface area contributed by atoms with E-state index in [1.807, 2.05) is 23.0 Å². The second-order valence-corrected chi connectivity index (χ2v) is 7.24. The molecule has 2 fully saturated rings. The molecular formula is C19H25N5O3. The number of amides is 2. The molecule has 27 heavy (non-hydrogen) atoms. The summed E-state index contributed by atoms with van der Waals surface area (Å²) < 4.78 is 6.96. The normalized spacial score (nSPS) is 21.7. The highest BCUT2D eigenvalue weighted by Crippen LogP contribution is 2.24. The van der Waals surface area contributed by atoms with Gasteiger partial charge in [-0.1, -0.05) is 0 Å². The SMILES string of the molecule is Cc1occc1C(=O)N1CCN(C2CCCN(c3cnn(C)c3)C2=O)CC1. The van der Waals surface area contributed by atoms with Crippen LogP contribution in [0.1, 0.15) is 29.0 Å². The largest absolute Gasteiger partial charge is 0.469 e. The van der Waals surface area contributed by atoms with E-state index < -0.39 is 0 Å². The molecule has 0 N–H and O–H groups in total. The van der Waals surface area contributed by atoms with E-state index in [1.165, 1.54) is 0 Å². The van der Waals surface area contributed by atoms with Crippen LogP contribution in [0.25, 0.3) is 0 Å². The third-order valence-corrected chi connectivity index (χ3v) is 5.54. The molecule has 0 spiro atoms. The van der Waals surface area contributed by atoms with Crippen molar-refractivity contribution >= 4 is 17.5 Å². The maximum absolute atomic E-state index is 13.0. The van der Waals surface area contributed by atoms with Crippen molar-refractivity contribution in [2.24, 2.45) is 7.05 Å². The summed E-state index contributed by atoms with van der Waals surface area (Å²) >= 11 is 0. The van der Waals surface area contributed by atoms with Gasteiger partial charge in [-0.15, -0.1) is 0 Å². The Balaban J connectivity index is 1.39. The molecule has 2 aliphatic rings. The average molecular weight is 371 g/mol. The zero-order valence-electron chi connectivity index (χ0n) is 15.8. The Kier molecular flexibility index (Phi) is 4.73. The molecule has 0 aliphatic carbocycles. The van der Waals surface area contributed by atoms with Crippen LogP contribution >= 0.6 is 0 Å². The maximum Gasteiger partial charge on any atom is 0.257 e. The molecule has 2 aromatic heterocycles. The van der Waals surface area contributed by atoms with E-state index in [4.69, 9.17) is 4.42 Å². The minimum absolute atomic E-state index is 0.00728. The number of furan rings is 1. The predicted molar refractivity (Wildman–Crippen MR) is 99.5 cm³/mol. The Bertz CT molecular complexity index is 834. The summed E-state index contributed by atoms with van der Waals surface area (Å²) in [6.07, 6.45) is 7.00. The zero-order chi connectivity index (χ0) is 19.0. The molecule has 4 heterocycles. The van der Waals surface area contributed by atoms with E-state index >= 15 is 0 Å². The van der Waals surface area contributed by atoms with E-state index in [2.05, 4.69) is 10.00 Å². The third-order valence-electron chi connectivity index (χ3n) is 5.54. The quantitative estimate of drug-likeness (QED) is 0.812. The number of nitrogens with zero attached hydrogens (tertiary/aromatic N) is 5. The summed E-state index contributed by atoms with van der Waals surface area (Å²) in [4.78, 5) is 31.6. The molecule has 2 aliphatic heterocycles. The van der Waals surface area contributed by atoms with Gasteiger partial charge in [0.25, 0.3) is 5.91 Å². The molecule has 0 aromatic carbocycles. The molecule has 8 heteroatoms. The zero-order valence-corrected chi connectivity index (χ0v) is 15.8. The summed E-state index contributed by atoms with van der Waals surface area (Å²) in [5.41, 5.74) is 1.48. The number of rotatable bonds is 3. The van der Waals surface area contributed by atoms with Gasteiger partial charge in [-0.05, 0) is 25.8 Å². The Labute approximate surface area is 158 Å². The van der Waals surface area contributed by atoms with Crippen LogP contribution in [-0.4, -0.2) is 70.2 Å². The molecule has 144 valence electrons. The van der Waals surface area contributed by atoms with Crippen LogP contribution in [0.15, 0.2) is 29.1 Å². The Morgan fingerprint density at radius 1 is 1.22 bits per heavy atom. The molecular weight excluding hydrogens is 346 g/mol. The van der Waals surface area contributed by atoms with Crippen LogP contribution in [-0.2, 0) is 11.8 Å². The number of anilines is 1. The van der Waals surface area contributed by atoms with E-state index in [9.17, 15) is 9.59 Å². The van der Waals surface area contributed by atoms with Crippen molar-refractivity contribution in [2.45, 2.75) is 25.8 Å². The summed E-state index contributed by atoms with van der Waals surface area (Å²) in [6, 6.07) is 1.60. The monoisotopic (exact) mass is 371 g/mol. The molecule has 1 atom stereocenters. The number of hydrogen-bond donors (Lipinski definition) is 0. The van der Waals surface area contributed by atoms with Crippen LogP contribution in [0.5, 0.6) is 0 Å². The second-order valence-electron chi connectivity index (χ2n) is 7.24. The minimum Gasteiger partial charge on any atom is -0.469 e. The number of aryl methyl sites for hydroxylation is 2. The molecule has 2 amide bonds. The van der Waals surface area contributed by atoms with E-state index in [0.29, 0.717) is 37.5 Å². The molecule has 0 saturated carbocycles. The van der Waals surface area contributed by atoms with Gasteiger partial charge in [0.05, 0.1) is 29.8 Å². The van der Waals surface area contributed by atoms with Gasteiger partial charge in [0.2, 0.25) is 5.91 Å². The fourth-order valence-corrected chi connectivity index (χ4v) is 4.01. The topological polar surface area (TPSA) is 74.8 Å². The van der Waals surface area contributed by atoms with Gasteiger partial charge in [-0.3, -0.25) is 19.2 Å². The highest BCUT2D eigenvalue weighted by Gasteiger charge is 2.36. The lowest BCUT2D eigenvalue weighted by Gasteiger charge is -2.42. The van der Waals surface area contributed by atoms with Crippen LogP contribution < -0.4 is 4.90 Å². The fraction of sp³-hybridized carbons (Fsp3) is 0.526. The smallest absolute Gasteiger partial charge is 0.257 e. The van der Waals surface area contributed by atoms with Gasteiger partial charge in [0.1, 0.15) is 5.76 Å². The van der Waals surface area contributed by atoms with E-state index in [-0.39, 0.29) is 17.9 Å². The molecule has 4 rings (SSSR count). The first kappa shape index (κ1) is 17.8. The highest BCUT2D eigenvalue weighted by molar-refractivity contribution is 5.98. The highest BCUT2D eigenvalue weighted by atomic mass is 16.3.